The van der Waals surface area contributed by atoms with Gasteiger partial charge in [-0.15, -0.1) is 0 Å². The zero-order valence-corrected chi connectivity index (χ0v) is 19.8. The van der Waals surface area contributed by atoms with E-state index >= 15 is 0 Å². The molecule has 27 heavy (non-hydrogen) atoms. The maximum atomic E-state index is 13.1. The molecule has 1 saturated heterocycles. The molecule has 1 aliphatic rings. The van der Waals surface area contributed by atoms with Gasteiger partial charge in [0.05, 0.1) is 0 Å². The van der Waals surface area contributed by atoms with Gasteiger partial charge in [0.25, 0.3) is 5.91 Å². The number of amides is 3. The van der Waals surface area contributed by atoms with Crippen LogP contribution in [0.4, 0.5) is 4.79 Å². The third-order valence-corrected chi connectivity index (χ3v) is 4.33. The van der Waals surface area contributed by atoms with Crippen molar-refractivity contribution in [3.63, 3.8) is 0 Å². The molecule has 11 heteroatoms. The molecule has 0 atom stereocenters. The van der Waals surface area contributed by atoms with Gasteiger partial charge in [-0.1, -0.05) is 60.7 Å². The fraction of sp³-hybridized carbons (Fsp3) is 0.125. The number of imide groups is 1. The summed E-state index contributed by atoms with van der Waals surface area (Å²) in [5, 5.41) is 2.64. The van der Waals surface area contributed by atoms with Crippen molar-refractivity contribution in [1.82, 2.24) is 10.2 Å². The van der Waals surface area contributed by atoms with Gasteiger partial charge in [-0.25, -0.2) is 14.3 Å². The van der Waals surface area contributed by atoms with Crippen molar-refractivity contribution in [2.24, 2.45) is 0 Å². The topological polar surface area (TPSA) is 116 Å². The van der Waals surface area contributed by atoms with Crippen LogP contribution >= 0.6 is 7.82 Å². The smallest absolute Gasteiger partial charge is 1.00 e. The van der Waals surface area contributed by atoms with E-state index in [4.69, 9.17) is 9.79 Å². The van der Waals surface area contributed by atoms with Crippen LogP contribution in [-0.2, 0) is 19.4 Å². The number of benzene rings is 2. The quantitative estimate of drug-likeness (QED) is 0.262. The fourth-order valence-electron chi connectivity index (χ4n) is 2.76. The maximum absolute atomic E-state index is 13.1. The minimum Gasteiger partial charge on any atom is -1.00 e. The molecule has 0 aliphatic carbocycles. The van der Waals surface area contributed by atoms with Crippen molar-refractivity contribution in [2.45, 2.75) is 5.54 Å². The SMILES string of the molecule is O=C1NC(c2ccccc2)(c2ccccc2)C(=O)N1COP(=O)(O)O.[H-].[H-].[Na+].[Na+]. The number of nitrogens with zero attached hydrogens (tertiary/aromatic N) is 1. The van der Waals surface area contributed by atoms with Crippen LogP contribution in [0.2, 0.25) is 0 Å². The summed E-state index contributed by atoms with van der Waals surface area (Å²) in [4.78, 5) is 43.7. The van der Waals surface area contributed by atoms with Gasteiger partial charge in [0, 0.05) is 0 Å². The molecule has 0 radical (unpaired) electrons. The van der Waals surface area contributed by atoms with Crippen molar-refractivity contribution in [1.29, 1.82) is 0 Å². The third-order valence-electron chi connectivity index (χ3n) is 3.87. The van der Waals surface area contributed by atoms with Crippen LogP contribution in [0.5, 0.6) is 0 Å². The molecule has 134 valence electrons. The van der Waals surface area contributed by atoms with E-state index in [1.54, 1.807) is 60.7 Å². The van der Waals surface area contributed by atoms with Crippen LogP contribution in [0.15, 0.2) is 60.7 Å². The molecule has 2 aromatic carbocycles. The van der Waals surface area contributed by atoms with E-state index < -0.39 is 32.0 Å². The molecule has 3 N–H and O–H groups in total. The Kier molecular flexibility index (Phi) is 8.91. The summed E-state index contributed by atoms with van der Waals surface area (Å²) in [6.45, 7) is -0.851. The number of nitrogens with one attached hydrogen (secondary N) is 1. The molecule has 3 rings (SSSR count). The third kappa shape index (κ3) is 5.10. The number of hydrogen-bond acceptors (Lipinski definition) is 4. The Bertz CT molecular complexity index is 818. The van der Waals surface area contributed by atoms with Crippen LogP contribution in [-0.4, -0.2) is 33.4 Å². The van der Waals surface area contributed by atoms with Crippen LogP contribution in [0.3, 0.4) is 0 Å². The van der Waals surface area contributed by atoms with Crippen molar-refractivity contribution in [3.05, 3.63) is 71.8 Å². The largest absolute Gasteiger partial charge is 1.00 e. The van der Waals surface area contributed by atoms with Gasteiger partial charge >= 0.3 is 73.0 Å². The summed E-state index contributed by atoms with van der Waals surface area (Å²) in [6, 6.07) is 16.4. The molecule has 0 aromatic heterocycles. The van der Waals surface area contributed by atoms with Gasteiger partial charge in [-0.05, 0) is 11.1 Å². The van der Waals surface area contributed by atoms with E-state index in [9.17, 15) is 14.2 Å². The predicted molar refractivity (Wildman–Crippen MR) is 89.3 cm³/mol. The van der Waals surface area contributed by atoms with E-state index in [2.05, 4.69) is 9.84 Å². The van der Waals surface area contributed by atoms with Crippen LogP contribution in [0.25, 0.3) is 0 Å². The molecule has 2 aromatic rings. The number of urea groups is 1. The van der Waals surface area contributed by atoms with Crippen molar-refractivity contribution >= 4 is 19.8 Å². The number of phosphoric acid groups is 1. The molecular weight excluding hydrogens is 393 g/mol. The van der Waals surface area contributed by atoms with Crippen LogP contribution in [0.1, 0.15) is 14.0 Å². The summed E-state index contributed by atoms with van der Waals surface area (Å²) >= 11 is 0. The second-order valence-corrected chi connectivity index (χ2v) is 6.63. The Morgan fingerprint density at radius 1 is 0.963 bits per heavy atom. The standard InChI is InChI=1S/C16H15N2O6P.2Na.2H/c19-14-16(12-7-3-1-4-8-12,13-9-5-2-6-10-13)17-15(20)18(14)11-24-25(21,22)23;;;;/h1-10H,11H2,(H,17,20)(H2,21,22,23);;;;/q;2*+1;2*-1. The zero-order valence-electron chi connectivity index (χ0n) is 16.9. The van der Waals surface area contributed by atoms with E-state index in [-0.39, 0.29) is 62.0 Å². The molecule has 0 bridgehead atoms. The minimum absolute atomic E-state index is 0. The monoisotopic (exact) mass is 410 g/mol. The van der Waals surface area contributed by atoms with E-state index in [1.165, 1.54) is 0 Å². The molecule has 3 amide bonds. The number of carbonyl (C=O) groups excluding carboxylic acids is 2. The second kappa shape index (κ2) is 9.80. The average Bonchev–Trinajstić information content (AvgIpc) is 2.85. The first-order chi connectivity index (χ1) is 11.8. The molecule has 0 unspecified atom stereocenters. The van der Waals surface area contributed by atoms with Crippen LogP contribution in [0, 0.1) is 0 Å². The van der Waals surface area contributed by atoms with Gasteiger partial charge in [0.15, 0.2) is 5.54 Å². The van der Waals surface area contributed by atoms with Crippen molar-refractivity contribution in [2.75, 3.05) is 6.73 Å². The average molecular weight is 410 g/mol. The maximum Gasteiger partial charge on any atom is 1.00 e. The number of rotatable bonds is 5. The Morgan fingerprint density at radius 2 is 1.41 bits per heavy atom. The molecule has 0 spiro atoms. The Labute approximate surface area is 203 Å². The Morgan fingerprint density at radius 3 is 1.81 bits per heavy atom. The van der Waals surface area contributed by atoms with Gasteiger partial charge < -0.3 is 18.0 Å². The fourth-order valence-corrected chi connectivity index (χ4v) is 3.03. The first-order valence-electron chi connectivity index (χ1n) is 7.30. The molecule has 0 saturated carbocycles. The van der Waals surface area contributed by atoms with Gasteiger partial charge in [0.2, 0.25) is 0 Å². The molecular formula is C16H17N2Na2O6P. The predicted octanol–water partition coefficient (Wildman–Crippen LogP) is -4.22. The van der Waals surface area contributed by atoms with E-state index in [1.807, 2.05) is 0 Å². The summed E-state index contributed by atoms with van der Waals surface area (Å²) in [6.07, 6.45) is 0. The summed E-state index contributed by atoms with van der Waals surface area (Å²) in [7, 11) is -4.83. The van der Waals surface area contributed by atoms with Gasteiger partial charge in [0.1, 0.15) is 6.73 Å². The van der Waals surface area contributed by atoms with E-state index in [0.29, 0.717) is 16.0 Å². The minimum atomic E-state index is -4.83. The Balaban J connectivity index is 0. The zero-order chi connectivity index (χ0) is 18.1. The van der Waals surface area contributed by atoms with Gasteiger partial charge in [-0.3, -0.25) is 9.32 Å². The van der Waals surface area contributed by atoms with Crippen molar-refractivity contribution < 1.29 is 90.4 Å². The number of hydrogen-bond donors (Lipinski definition) is 3. The van der Waals surface area contributed by atoms with Gasteiger partial charge in [-0.2, -0.15) is 0 Å². The summed E-state index contributed by atoms with van der Waals surface area (Å²) in [5.41, 5.74) is -0.436. The molecule has 1 aliphatic heterocycles. The number of carbonyl (C=O) groups is 2. The van der Waals surface area contributed by atoms with E-state index in [0.717, 1.165) is 0 Å². The number of phosphoric ester groups is 1. The first kappa shape index (κ1) is 24.5. The second-order valence-electron chi connectivity index (χ2n) is 5.39. The summed E-state index contributed by atoms with van der Waals surface area (Å²) in [5.74, 6) is -0.677. The molecule has 1 heterocycles. The van der Waals surface area contributed by atoms with Crippen molar-refractivity contribution in [3.8, 4) is 0 Å². The molecule has 1 fully saturated rings. The Hall–Kier alpha value is -0.510. The first-order valence-corrected chi connectivity index (χ1v) is 8.83. The van der Waals surface area contributed by atoms with Crippen LogP contribution < -0.4 is 64.4 Å². The normalized spacial score (nSPS) is 15.6. The molecule has 8 nitrogen and oxygen atoms in total. The summed E-state index contributed by atoms with van der Waals surface area (Å²) < 4.78 is 15.2.